The molecule has 0 saturated carbocycles. The number of nitrogens with two attached hydrogens (primary N) is 1. The highest BCUT2D eigenvalue weighted by Gasteiger charge is 2.14. The molecule has 0 amide bonds. The molecule has 1 atom stereocenters. The molecule has 0 saturated heterocycles. The molecule has 0 aromatic heterocycles. The summed E-state index contributed by atoms with van der Waals surface area (Å²) in [6, 6.07) is -0.726. The average molecular weight is 163 g/mol. The second-order valence-electron chi connectivity index (χ2n) is 2.21. The van der Waals surface area contributed by atoms with E-state index in [1.165, 1.54) is 6.92 Å². The van der Waals surface area contributed by atoms with Crippen LogP contribution in [0.25, 0.3) is 0 Å². The Labute approximate surface area is 64.8 Å². The van der Waals surface area contributed by atoms with Crippen molar-refractivity contribution in [2.45, 2.75) is 19.1 Å². The van der Waals surface area contributed by atoms with Crippen molar-refractivity contribution in [2.24, 2.45) is 5.73 Å². The third-order valence-electron chi connectivity index (χ3n) is 1.06. The van der Waals surface area contributed by atoms with E-state index < -0.39 is 31.3 Å². The number of hydrogen-bond donors (Lipinski definition) is 3. The summed E-state index contributed by atoms with van der Waals surface area (Å²) >= 11 is 0. The molecule has 0 heterocycles. The first-order chi connectivity index (χ1) is 5.11. The van der Waals surface area contributed by atoms with Gasteiger partial charge in [-0.3, -0.25) is 4.79 Å². The Morgan fingerprint density at radius 2 is 2.00 bits per heavy atom. The third-order valence-corrected chi connectivity index (χ3v) is 1.06. The minimum absolute atomic E-state index is 0.394. The molecule has 0 aliphatic heterocycles. The Morgan fingerprint density at radius 1 is 1.55 bits per heavy atom. The first-order valence-electron chi connectivity index (χ1n) is 3.29. The highest BCUT2D eigenvalue weighted by atomic mass is 16.6. The van der Waals surface area contributed by atoms with Gasteiger partial charge in [0.05, 0.1) is 13.2 Å². The molecule has 66 valence electrons. The van der Waals surface area contributed by atoms with Crippen LogP contribution in [0, 0.1) is 0 Å². The van der Waals surface area contributed by atoms with Gasteiger partial charge in [0, 0.05) is 0 Å². The van der Waals surface area contributed by atoms with E-state index in [4.69, 9.17) is 15.9 Å². The highest BCUT2D eigenvalue weighted by molar-refractivity contribution is 5.75. The first-order valence-corrected chi connectivity index (χ1v) is 3.29. The van der Waals surface area contributed by atoms with Gasteiger partial charge in [-0.05, 0) is 6.92 Å². The number of aliphatic hydroxyl groups excluding tert-OH is 2. The normalized spacial score (nSPS) is 13.2. The standard InChI is InChI=1S/C6H13NO4/c1-4(7)6(10)11-5(2-8)3-9/h4-5,8-9H,2-3,7H2,1H3/t4-/m1/s1. The number of ether oxygens (including phenoxy) is 1. The molecule has 0 aliphatic carbocycles. The predicted octanol–water partition coefficient (Wildman–Crippen LogP) is -1.77. The molecule has 5 heteroatoms. The van der Waals surface area contributed by atoms with E-state index in [0.717, 1.165) is 0 Å². The van der Waals surface area contributed by atoms with Gasteiger partial charge in [-0.1, -0.05) is 0 Å². The summed E-state index contributed by atoms with van der Waals surface area (Å²) in [6.45, 7) is 0.679. The lowest BCUT2D eigenvalue weighted by molar-refractivity contribution is -0.154. The molecule has 0 aromatic carbocycles. The molecule has 11 heavy (non-hydrogen) atoms. The molecule has 0 unspecified atom stereocenters. The summed E-state index contributed by atoms with van der Waals surface area (Å²) in [5.74, 6) is -0.627. The summed E-state index contributed by atoms with van der Waals surface area (Å²) in [5, 5.41) is 17.0. The van der Waals surface area contributed by atoms with Gasteiger partial charge in [0.15, 0.2) is 0 Å². The minimum atomic E-state index is -0.853. The SMILES string of the molecule is C[C@@H](N)C(=O)OC(CO)CO. The number of hydrogen-bond acceptors (Lipinski definition) is 5. The third kappa shape index (κ3) is 3.92. The van der Waals surface area contributed by atoms with Crippen LogP contribution in [0.1, 0.15) is 6.92 Å². The van der Waals surface area contributed by atoms with Crippen molar-refractivity contribution in [3.8, 4) is 0 Å². The van der Waals surface area contributed by atoms with E-state index in [0.29, 0.717) is 0 Å². The number of aliphatic hydroxyl groups is 2. The van der Waals surface area contributed by atoms with Gasteiger partial charge >= 0.3 is 5.97 Å². The number of carbonyl (C=O) groups excluding carboxylic acids is 1. The van der Waals surface area contributed by atoms with Crippen molar-refractivity contribution >= 4 is 5.97 Å². The Balaban J connectivity index is 3.72. The highest BCUT2D eigenvalue weighted by Crippen LogP contribution is 1.92. The van der Waals surface area contributed by atoms with E-state index in [1.807, 2.05) is 0 Å². The number of rotatable bonds is 4. The zero-order valence-corrected chi connectivity index (χ0v) is 6.36. The average Bonchev–Trinajstić information content (AvgIpc) is 1.99. The topological polar surface area (TPSA) is 92.8 Å². The second-order valence-corrected chi connectivity index (χ2v) is 2.21. The van der Waals surface area contributed by atoms with E-state index >= 15 is 0 Å². The lowest BCUT2D eigenvalue weighted by Crippen LogP contribution is -2.35. The second kappa shape index (κ2) is 5.06. The van der Waals surface area contributed by atoms with Gasteiger partial charge < -0.3 is 20.7 Å². The molecule has 0 spiro atoms. The van der Waals surface area contributed by atoms with E-state index in [2.05, 4.69) is 4.74 Å². The van der Waals surface area contributed by atoms with Crippen LogP contribution in [-0.2, 0) is 9.53 Å². The molecule has 0 radical (unpaired) electrons. The Bertz CT molecular complexity index is 122. The molecular formula is C6H13NO4. The van der Waals surface area contributed by atoms with Crippen molar-refractivity contribution in [1.29, 1.82) is 0 Å². The van der Waals surface area contributed by atoms with Crippen molar-refractivity contribution in [3.05, 3.63) is 0 Å². The Morgan fingerprint density at radius 3 is 2.27 bits per heavy atom. The number of carbonyl (C=O) groups is 1. The summed E-state index contributed by atoms with van der Waals surface area (Å²) < 4.78 is 4.55. The maximum absolute atomic E-state index is 10.7. The van der Waals surface area contributed by atoms with Crippen LogP contribution >= 0.6 is 0 Å². The fourth-order valence-electron chi connectivity index (χ4n) is 0.404. The summed E-state index contributed by atoms with van der Waals surface area (Å²) in [7, 11) is 0. The largest absolute Gasteiger partial charge is 0.456 e. The molecule has 0 bridgehead atoms. The molecule has 0 aliphatic rings. The summed E-state index contributed by atoms with van der Waals surface area (Å²) in [6.07, 6.45) is -0.853. The van der Waals surface area contributed by atoms with Crippen LogP contribution in [0.15, 0.2) is 0 Å². The summed E-state index contributed by atoms with van der Waals surface area (Å²) in [5.41, 5.74) is 5.16. The summed E-state index contributed by atoms with van der Waals surface area (Å²) in [4.78, 5) is 10.7. The molecule has 4 N–H and O–H groups in total. The molecule has 0 aromatic rings. The zero-order valence-electron chi connectivity index (χ0n) is 6.36. The van der Waals surface area contributed by atoms with E-state index in [9.17, 15) is 4.79 Å². The van der Waals surface area contributed by atoms with Crippen molar-refractivity contribution in [3.63, 3.8) is 0 Å². The molecule has 0 rings (SSSR count). The van der Waals surface area contributed by atoms with Crippen LogP contribution in [0.2, 0.25) is 0 Å². The van der Waals surface area contributed by atoms with E-state index in [1.54, 1.807) is 0 Å². The lowest BCUT2D eigenvalue weighted by atomic mass is 10.3. The van der Waals surface area contributed by atoms with Gasteiger partial charge in [0.1, 0.15) is 12.1 Å². The monoisotopic (exact) mass is 163 g/mol. The lowest BCUT2D eigenvalue weighted by Gasteiger charge is -2.13. The van der Waals surface area contributed by atoms with Gasteiger partial charge in [-0.15, -0.1) is 0 Å². The van der Waals surface area contributed by atoms with E-state index in [-0.39, 0.29) is 0 Å². The maximum Gasteiger partial charge on any atom is 0.323 e. The molecule has 5 nitrogen and oxygen atoms in total. The van der Waals surface area contributed by atoms with Gasteiger partial charge in [-0.25, -0.2) is 0 Å². The van der Waals surface area contributed by atoms with Crippen molar-refractivity contribution in [2.75, 3.05) is 13.2 Å². The van der Waals surface area contributed by atoms with Crippen LogP contribution in [0.4, 0.5) is 0 Å². The fourth-order valence-corrected chi connectivity index (χ4v) is 0.404. The van der Waals surface area contributed by atoms with Crippen LogP contribution < -0.4 is 5.73 Å². The minimum Gasteiger partial charge on any atom is -0.456 e. The van der Waals surface area contributed by atoms with Gasteiger partial charge in [0.25, 0.3) is 0 Å². The quantitative estimate of drug-likeness (QED) is 0.426. The Hall–Kier alpha value is -0.650. The smallest absolute Gasteiger partial charge is 0.323 e. The molecular weight excluding hydrogens is 150 g/mol. The maximum atomic E-state index is 10.7. The Kier molecular flexibility index (Phi) is 4.76. The van der Waals surface area contributed by atoms with Crippen molar-refractivity contribution < 1.29 is 19.7 Å². The first kappa shape index (κ1) is 10.3. The van der Waals surface area contributed by atoms with Gasteiger partial charge in [-0.2, -0.15) is 0 Å². The van der Waals surface area contributed by atoms with Gasteiger partial charge in [0.2, 0.25) is 0 Å². The fraction of sp³-hybridized carbons (Fsp3) is 0.833. The predicted molar refractivity (Wildman–Crippen MR) is 37.7 cm³/mol. The number of esters is 1. The van der Waals surface area contributed by atoms with Crippen LogP contribution in [0.3, 0.4) is 0 Å². The van der Waals surface area contributed by atoms with Crippen molar-refractivity contribution in [1.82, 2.24) is 0 Å². The van der Waals surface area contributed by atoms with Crippen LogP contribution in [-0.4, -0.2) is 41.5 Å². The zero-order chi connectivity index (χ0) is 8.85. The van der Waals surface area contributed by atoms with Crippen LogP contribution in [0.5, 0.6) is 0 Å². The molecule has 0 fully saturated rings.